The Hall–Kier alpha value is -1.09. The van der Waals surface area contributed by atoms with Gasteiger partial charge in [0, 0.05) is 6.08 Å². The van der Waals surface area contributed by atoms with Crippen LogP contribution in [0.4, 0.5) is 0 Å². The monoisotopic (exact) mass is 320 g/mol. The van der Waals surface area contributed by atoms with E-state index < -0.39 is 5.97 Å². The first-order valence-electron chi connectivity index (χ1n) is 8.94. The Bertz CT molecular complexity index is 519. The molecule has 0 saturated heterocycles. The molecule has 130 valence electrons. The molecule has 0 spiro atoms. The molecule has 0 heterocycles. The van der Waals surface area contributed by atoms with Crippen molar-refractivity contribution in [2.45, 2.75) is 66.2 Å². The molecule has 0 radical (unpaired) electrons. The van der Waals surface area contributed by atoms with Crippen molar-refractivity contribution in [3.05, 3.63) is 23.3 Å². The van der Waals surface area contributed by atoms with Crippen LogP contribution in [0, 0.1) is 22.7 Å². The van der Waals surface area contributed by atoms with Gasteiger partial charge in [-0.1, -0.05) is 32.4 Å². The summed E-state index contributed by atoms with van der Waals surface area (Å²) in [6, 6.07) is 0. The lowest BCUT2D eigenvalue weighted by molar-refractivity contribution is -0.131. The van der Waals surface area contributed by atoms with E-state index in [-0.39, 0.29) is 17.4 Å². The van der Waals surface area contributed by atoms with Gasteiger partial charge in [0.1, 0.15) is 0 Å². The largest absolute Gasteiger partial charge is 0.478 e. The molecule has 2 N–H and O–H groups in total. The Morgan fingerprint density at radius 1 is 1.39 bits per heavy atom. The summed E-state index contributed by atoms with van der Waals surface area (Å²) in [5, 5.41) is 18.4. The molecule has 0 bridgehead atoms. The molecule has 4 atom stereocenters. The van der Waals surface area contributed by atoms with Crippen LogP contribution in [0.1, 0.15) is 66.2 Å². The van der Waals surface area contributed by atoms with Gasteiger partial charge >= 0.3 is 5.97 Å². The number of carboxylic acid groups (broad SMARTS) is 1. The Morgan fingerprint density at radius 3 is 2.70 bits per heavy atom. The normalized spacial score (nSPS) is 38.0. The molecule has 3 nitrogen and oxygen atoms in total. The average Bonchev–Trinajstić information content (AvgIpc) is 2.50. The SMILES string of the molecule is CC1=CCCC2C1(C)CCC(C)C2(C)CCC(=CC(=O)O)CO. The third-order valence-corrected chi connectivity index (χ3v) is 7.11. The number of allylic oxidation sites excluding steroid dienone is 2. The average molecular weight is 320 g/mol. The second-order valence-electron chi connectivity index (χ2n) is 8.18. The third kappa shape index (κ3) is 3.40. The highest BCUT2D eigenvalue weighted by Crippen LogP contribution is 2.61. The molecule has 0 aliphatic heterocycles. The van der Waals surface area contributed by atoms with Gasteiger partial charge in [0.05, 0.1) is 6.61 Å². The smallest absolute Gasteiger partial charge is 0.328 e. The zero-order chi connectivity index (χ0) is 17.3. The Morgan fingerprint density at radius 2 is 2.09 bits per heavy atom. The van der Waals surface area contributed by atoms with Gasteiger partial charge in [-0.2, -0.15) is 0 Å². The molecule has 2 aliphatic carbocycles. The Labute approximate surface area is 140 Å². The predicted molar refractivity (Wildman–Crippen MR) is 93.1 cm³/mol. The van der Waals surface area contributed by atoms with Crippen LogP contribution in [0.25, 0.3) is 0 Å². The van der Waals surface area contributed by atoms with Crippen molar-refractivity contribution in [2.75, 3.05) is 6.61 Å². The number of aliphatic carboxylic acids is 1. The number of fused-ring (bicyclic) bond motifs is 1. The fraction of sp³-hybridized carbons (Fsp3) is 0.750. The summed E-state index contributed by atoms with van der Waals surface area (Å²) < 4.78 is 0. The molecule has 2 rings (SSSR count). The third-order valence-electron chi connectivity index (χ3n) is 7.11. The van der Waals surface area contributed by atoms with Crippen LogP contribution in [0.2, 0.25) is 0 Å². The van der Waals surface area contributed by atoms with Gasteiger partial charge in [0.2, 0.25) is 0 Å². The number of hydrogen-bond donors (Lipinski definition) is 2. The van der Waals surface area contributed by atoms with Crippen LogP contribution in [0.3, 0.4) is 0 Å². The first-order valence-corrected chi connectivity index (χ1v) is 8.94. The molecule has 4 unspecified atom stereocenters. The number of aliphatic hydroxyl groups is 1. The van der Waals surface area contributed by atoms with E-state index in [4.69, 9.17) is 5.11 Å². The van der Waals surface area contributed by atoms with Gasteiger partial charge in [-0.05, 0) is 73.7 Å². The summed E-state index contributed by atoms with van der Waals surface area (Å²) in [5.41, 5.74) is 2.67. The molecule has 0 aromatic heterocycles. The maximum Gasteiger partial charge on any atom is 0.328 e. The van der Waals surface area contributed by atoms with Crippen LogP contribution >= 0.6 is 0 Å². The highest BCUT2D eigenvalue weighted by Gasteiger charge is 2.52. The van der Waals surface area contributed by atoms with Gasteiger partial charge in [0.25, 0.3) is 0 Å². The summed E-state index contributed by atoms with van der Waals surface area (Å²) in [6.45, 7) is 9.30. The van der Waals surface area contributed by atoms with Crippen molar-refractivity contribution in [2.24, 2.45) is 22.7 Å². The highest BCUT2D eigenvalue weighted by molar-refractivity contribution is 5.80. The number of aliphatic hydroxyl groups excluding tert-OH is 1. The minimum absolute atomic E-state index is 0.155. The highest BCUT2D eigenvalue weighted by atomic mass is 16.4. The summed E-state index contributed by atoms with van der Waals surface area (Å²) >= 11 is 0. The quantitative estimate of drug-likeness (QED) is 0.576. The zero-order valence-corrected chi connectivity index (χ0v) is 15.1. The van der Waals surface area contributed by atoms with Crippen molar-refractivity contribution < 1.29 is 15.0 Å². The molecule has 0 aromatic rings. The Kier molecular flexibility index (Phi) is 5.40. The Balaban J connectivity index is 2.23. The molecular weight excluding hydrogens is 288 g/mol. The van der Waals surface area contributed by atoms with Crippen LogP contribution in [-0.2, 0) is 4.79 Å². The van der Waals surface area contributed by atoms with Gasteiger partial charge in [-0.15, -0.1) is 0 Å². The standard InChI is InChI=1S/C20H32O3/c1-14-6-5-7-17-19(14,3)10-8-15(2)20(17,4)11-9-16(13-21)12-18(22)23/h6,12,15,17,21H,5,7-11,13H2,1-4H3,(H,22,23). The predicted octanol–water partition coefficient (Wildman–Crippen LogP) is 4.57. The van der Waals surface area contributed by atoms with Crippen LogP contribution in [0.15, 0.2) is 23.3 Å². The number of rotatable bonds is 5. The zero-order valence-electron chi connectivity index (χ0n) is 15.1. The van der Waals surface area contributed by atoms with Crippen molar-refractivity contribution in [1.82, 2.24) is 0 Å². The van der Waals surface area contributed by atoms with E-state index in [1.807, 2.05) is 0 Å². The lowest BCUT2D eigenvalue weighted by atomic mass is 9.47. The minimum atomic E-state index is -0.961. The summed E-state index contributed by atoms with van der Waals surface area (Å²) in [4.78, 5) is 10.9. The fourth-order valence-electron chi connectivity index (χ4n) is 5.13. The van der Waals surface area contributed by atoms with Gasteiger partial charge in [0.15, 0.2) is 0 Å². The van der Waals surface area contributed by atoms with E-state index >= 15 is 0 Å². The second kappa shape index (κ2) is 6.80. The number of carbonyl (C=O) groups is 1. The molecule has 0 amide bonds. The second-order valence-corrected chi connectivity index (χ2v) is 8.18. The van der Waals surface area contributed by atoms with Crippen molar-refractivity contribution in [3.8, 4) is 0 Å². The van der Waals surface area contributed by atoms with Crippen LogP contribution in [0.5, 0.6) is 0 Å². The summed E-state index contributed by atoms with van der Waals surface area (Å²) in [5.74, 6) is 0.321. The van der Waals surface area contributed by atoms with E-state index in [0.29, 0.717) is 23.8 Å². The van der Waals surface area contributed by atoms with Crippen molar-refractivity contribution in [3.63, 3.8) is 0 Å². The van der Waals surface area contributed by atoms with Crippen LogP contribution in [-0.4, -0.2) is 22.8 Å². The van der Waals surface area contributed by atoms with Crippen molar-refractivity contribution in [1.29, 1.82) is 0 Å². The lowest BCUT2D eigenvalue weighted by Gasteiger charge is -2.58. The first kappa shape index (κ1) is 18.3. The first-order chi connectivity index (χ1) is 10.7. The fourth-order valence-corrected chi connectivity index (χ4v) is 5.13. The molecule has 2 aliphatic rings. The van der Waals surface area contributed by atoms with E-state index in [2.05, 4.69) is 33.8 Å². The topological polar surface area (TPSA) is 57.5 Å². The maximum absolute atomic E-state index is 10.9. The van der Waals surface area contributed by atoms with Crippen molar-refractivity contribution >= 4 is 5.97 Å². The number of carboxylic acids is 1. The van der Waals surface area contributed by atoms with E-state index in [1.54, 1.807) is 0 Å². The molecule has 23 heavy (non-hydrogen) atoms. The summed E-state index contributed by atoms with van der Waals surface area (Å²) in [6.07, 6.45) is 10.1. The lowest BCUT2D eigenvalue weighted by Crippen LogP contribution is -2.49. The molecule has 3 heteroatoms. The van der Waals surface area contributed by atoms with Gasteiger partial charge < -0.3 is 10.2 Å². The minimum Gasteiger partial charge on any atom is -0.478 e. The van der Waals surface area contributed by atoms with E-state index in [0.717, 1.165) is 12.8 Å². The molecule has 1 fully saturated rings. The van der Waals surface area contributed by atoms with E-state index in [1.165, 1.54) is 30.9 Å². The molecule has 1 saturated carbocycles. The van der Waals surface area contributed by atoms with Gasteiger partial charge in [-0.3, -0.25) is 0 Å². The maximum atomic E-state index is 10.9. The number of hydrogen-bond acceptors (Lipinski definition) is 2. The summed E-state index contributed by atoms with van der Waals surface area (Å²) in [7, 11) is 0. The van der Waals surface area contributed by atoms with Crippen LogP contribution < -0.4 is 0 Å². The van der Waals surface area contributed by atoms with Gasteiger partial charge in [-0.25, -0.2) is 4.79 Å². The molecule has 0 aromatic carbocycles. The van der Waals surface area contributed by atoms with E-state index in [9.17, 15) is 9.90 Å². The molecular formula is C20H32O3.